The second-order valence-corrected chi connectivity index (χ2v) is 16.9. The average Bonchev–Trinajstić information content (AvgIpc) is 3.10. The van der Waals surface area contributed by atoms with E-state index in [-0.39, 0.29) is 18.9 Å². The first kappa shape index (κ1) is 51.4. The number of unbranched alkanes of at least 4 members (excludes halogenated alkanes) is 15. The van der Waals surface area contributed by atoms with Crippen molar-refractivity contribution >= 4 is 13.7 Å². The van der Waals surface area contributed by atoms with Gasteiger partial charge in [0.05, 0.1) is 39.9 Å². The predicted molar refractivity (Wildman–Crippen MR) is 220 cm³/mol. The molecule has 0 saturated carbocycles. The number of carbonyl (C=O) groups excluding carboxylic acids is 1. The summed E-state index contributed by atoms with van der Waals surface area (Å²) in [6.07, 6.45) is 38.6. The van der Waals surface area contributed by atoms with Crippen LogP contribution in [-0.2, 0) is 18.4 Å². The molecule has 0 aromatic carbocycles. The Kier molecular flexibility index (Phi) is 33.8. The van der Waals surface area contributed by atoms with E-state index >= 15 is 0 Å². The van der Waals surface area contributed by atoms with Crippen molar-refractivity contribution in [3.05, 3.63) is 48.6 Å². The Morgan fingerprint density at radius 3 is 1.75 bits per heavy atom. The molecule has 4 atom stereocenters. The lowest BCUT2D eigenvalue weighted by Gasteiger charge is -2.31. The highest BCUT2D eigenvalue weighted by atomic mass is 31.2. The Labute approximate surface area is 325 Å². The molecule has 0 saturated heterocycles. The van der Waals surface area contributed by atoms with Gasteiger partial charge in [-0.1, -0.05) is 133 Å². The van der Waals surface area contributed by atoms with Gasteiger partial charge in [0.1, 0.15) is 19.3 Å². The number of phosphoric acid groups is 1. The number of nitrogens with one attached hydrogen (secondary N) is 1. The highest BCUT2D eigenvalue weighted by Crippen LogP contribution is 2.38. The van der Waals surface area contributed by atoms with Gasteiger partial charge in [-0.2, -0.15) is 0 Å². The molecule has 0 radical (unpaired) electrons. The topological polar surface area (TPSA) is 128 Å². The summed E-state index contributed by atoms with van der Waals surface area (Å²) in [5.74, 6) is -0.302. The molecule has 53 heavy (non-hydrogen) atoms. The molecule has 0 aromatic heterocycles. The van der Waals surface area contributed by atoms with Gasteiger partial charge in [-0.05, 0) is 70.6 Å². The molecule has 0 aliphatic rings. The number of hydrogen-bond acceptors (Lipinski definition) is 7. The van der Waals surface area contributed by atoms with E-state index in [1.807, 2.05) is 21.1 Å². The summed E-state index contributed by atoms with van der Waals surface area (Å²) in [6, 6.07) is -1.09. The van der Waals surface area contributed by atoms with Gasteiger partial charge < -0.3 is 34.0 Å². The number of quaternary nitrogens is 1. The number of allylic oxidation sites excluding steroid dienone is 8. The summed E-state index contributed by atoms with van der Waals surface area (Å²) in [5, 5.41) is 24.5. The first-order chi connectivity index (χ1) is 25.4. The van der Waals surface area contributed by atoms with Crippen LogP contribution in [-0.4, -0.2) is 79.8 Å². The lowest BCUT2D eigenvalue weighted by molar-refractivity contribution is -0.870. The van der Waals surface area contributed by atoms with Crippen molar-refractivity contribution in [2.45, 2.75) is 180 Å². The summed E-state index contributed by atoms with van der Waals surface area (Å²) in [4.78, 5) is 25.3. The monoisotopic (exact) mass is 769 g/mol. The third kappa shape index (κ3) is 35.9. The van der Waals surface area contributed by atoms with E-state index in [2.05, 4.69) is 67.8 Å². The van der Waals surface area contributed by atoms with Crippen LogP contribution in [0.2, 0.25) is 0 Å². The van der Waals surface area contributed by atoms with E-state index in [0.717, 1.165) is 57.8 Å². The maximum atomic E-state index is 12.9. The standard InChI is InChI=1S/C43H81N2O7P/c1-6-8-10-12-14-16-18-20-21-22-23-24-26-28-30-32-34-36-42(47)44-40(39-52-53(49,50)51-38-37-45(3,4)5)43(48)41(46)35-33-31-29-27-25-19-17-15-13-11-9-7-2/h8,10,14,16,20-21,27,29,40-41,43,46,48H,6-7,9,11-13,15,17-19,22-26,28,30-39H2,1-5H3,(H-,44,47,49,50)/b10-8-,16-14-,21-20-,29-27+. The molecule has 0 spiro atoms. The molecule has 0 aliphatic carbocycles. The third-order valence-corrected chi connectivity index (χ3v) is 10.1. The summed E-state index contributed by atoms with van der Waals surface area (Å²) in [6.45, 7) is 4.26. The van der Waals surface area contributed by atoms with Gasteiger partial charge in [0, 0.05) is 6.42 Å². The Balaban J connectivity index is 4.59. The number of nitrogens with zero attached hydrogens (tertiary/aromatic N) is 1. The lowest BCUT2D eigenvalue weighted by Crippen LogP contribution is -2.51. The maximum absolute atomic E-state index is 12.9. The molecule has 9 nitrogen and oxygen atoms in total. The fourth-order valence-corrected chi connectivity index (χ4v) is 6.46. The average molecular weight is 769 g/mol. The second kappa shape index (κ2) is 34.9. The van der Waals surface area contributed by atoms with Gasteiger partial charge in [0.2, 0.25) is 5.91 Å². The minimum Gasteiger partial charge on any atom is -0.756 e. The molecule has 0 bridgehead atoms. The Morgan fingerprint density at radius 2 is 1.19 bits per heavy atom. The van der Waals surface area contributed by atoms with E-state index in [1.54, 1.807) is 0 Å². The van der Waals surface area contributed by atoms with Gasteiger partial charge >= 0.3 is 0 Å². The molecule has 0 rings (SSSR count). The van der Waals surface area contributed by atoms with E-state index in [4.69, 9.17) is 9.05 Å². The van der Waals surface area contributed by atoms with E-state index in [9.17, 15) is 24.5 Å². The molecule has 1 amide bonds. The Bertz CT molecular complexity index is 1020. The van der Waals surface area contributed by atoms with E-state index in [0.29, 0.717) is 30.3 Å². The largest absolute Gasteiger partial charge is 0.756 e. The molecule has 0 heterocycles. The van der Waals surface area contributed by atoms with E-state index < -0.39 is 32.7 Å². The van der Waals surface area contributed by atoms with Gasteiger partial charge in [0.15, 0.2) is 0 Å². The summed E-state index contributed by atoms with van der Waals surface area (Å²) in [7, 11) is 1.09. The van der Waals surface area contributed by atoms with Crippen LogP contribution in [0, 0.1) is 0 Å². The minimum atomic E-state index is -4.67. The number of phosphoric ester groups is 1. The first-order valence-corrected chi connectivity index (χ1v) is 22.5. The van der Waals surface area contributed by atoms with Gasteiger partial charge in [-0.25, -0.2) is 0 Å². The molecule has 10 heteroatoms. The number of amides is 1. The Hall–Kier alpha value is -1.58. The second-order valence-electron chi connectivity index (χ2n) is 15.4. The van der Waals surface area contributed by atoms with Crippen LogP contribution >= 0.6 is 7.82 Å². The van der Waals surface area contributed by atoms with Gasteiger partial charge in [0.25, 0.3) is 7.82 Å². The van der Waals surface area contributed by atoms with Crippen LogP contribution in [0.5, 0.6) is 0 Å². The number of rotatable bonds is 37. The zero-order valence-electron chi connectivity index (χ0n) is 34.6. The molecule has 0 aromatic rings. The van der Waals surface area contributed by atoms with Crippen LogP contribution in [0.4, 0.5) is 0 Å². The van der Waals surface area contributed by atoms with E-state index in [1.165, 1.54) is 64.2 Å². The van der Waals surface area contributed by atoms with Crippen LogP contribution in [0.1, 0.15) is 162 Å². The predicted octanol–water partition coefficient (Wildman–Crippen LogP) is 9.64. The normalized spacial score (nSPS) is 15.5. The van der Waals surface area contributed by atoms with Crippen molar-refractivity contribution in [1.29, 1.82) is 0 Å². The molecule has 3 N–H and O–H groups in total. The zero-order valence-corrected chi connectivity index (χ0v) is 35.5. The number of aliphatic hydroxyl groups is 2. The number of hydrogen-bond donors (Lipinski definition) is 3. The van der Waals surface area contributed by atoms with Crippen molar-refractivity contribution < 1.29 is 38.0 Å². The number of aliphatic hydroxyl groups excluding tert-OH is 2. The maximum Gasteiger partial charge on any atom is 0.268 e. The SMILES string of the molecule is CC/C=C\C/C=C\C/C=C\CCCCCCCCCC(=O)NC(COP(=O)([O-])OCC[N+](C)(C)C)C(O)C(O)CCC/C=C/CCCCCCCCC. The molecule has 4 unspecified atom stereocenters. The van der Waals surface area contributed by atoms with Gasteiger partial charge in [-0.15, -0.1) is 0 Å². The summed E-state index contributed by atoms with van der Waals surface area (Å²) in [5.41, 5.74) is 0. The first-order valence-electron chi connectivity index (χ1n) is 21.1. The van der Waals surface area contributed by atoms with Crippen LogP contribution in [0.3, 0.4) is 0 Å². The fourth-order valence-electron chi connectivity index (χ4n) is 5.74. The van der Waals surface area contributed by atoms with Crippen LogP contribution in [0.25, 0.3) is 0 Å². The van der Waals surface area contributed by atoms with Crippen molar-refractivity contribution in [2.24, 2.45) is 0 Å². The molecular formula is C43H81N2O7P. The van der Waals surface area contributed by atoms with Crippen LogP contribution in [0.15, 0.2) is 48.6 Å². The zero-order chi connectivity index (χ0) is 39.5. The lowest BCUT2D eigenvalue weighted by atomic mass is 10.0. The Morgan fingerprint density at radius 1 is 0.698 bits per heavy atom. The highest BCUT2D eigenvalue weighted by Gasteiger charge is 2.29. The molecule has 0 fully saturated rings. The molecular weight excluding hydrogens is 687 g/mol. The quantitative estimate of drug-likeness (QED) is 0.0249. The van der Waals surface area contributed by atoms with Crippen molar-refractivity contribution in [3.8, 4) is 0 Å². The van der Waals surface area contributed by atoms with Crippen LogP contribution < -0.4 is 10.2 Å². The van der Waals surface area contributed by atoms with Crippen molar-refractivity contribution in [3.63, 3.8) is 0 Å². The molecule has 310 valence electrons. The van der Waals surface area contributed by atoms with Crippen molar-refractivity contribution in [1.82, 2.24) is 5.32 Å². The number of likely N-dealkylation sites (N-methyl/N-ethyl adjacent to an activating group) is 1. The summed E-state index contributed by atoms with van der Waals surface area (Å²) >= 11 is 0. The molecule has 0 aliphatic heterocycles. The highest BCUT2D eigenvalue weighted by molar-refractivity contribution is 7.45. The van der Waals surface area contributed by atoms with Crippen molar-refractivity contribution in [2.75, 3.05) is 40.9 Å². The van der Waals surface area contributed by atoms with Gasteiger partial charge in [-0.3, -0.25) is 9.36 Å². The third-order valence-electron chi connectivity index (χ3n) is 9.14. The smallest absolute Gasteiger partial charge is 0.268 e. The fraction of sp³-hybridized carbons (Fsp3) is 0.791. The number of carbonyl (C=O) groups is 1. The minimum absolute atomic E-state index is 0.0501. The summed E-state index contributed by atoms with van der Waals surface area (Å²) < 4.78 is 23.1.